The van der Waals surface area contributed by atoms with Crippen LogP contribution >= 0.6 is 0 Å². The summed E-state index contributed by atoms with van der Waals surface area (Å²) >= 11 is 0. The Balaban J connectivity index is 1.78. The van der Waals surface area contributed by atoms with E-state index in [2.05, 4.69) is 12.2 Å². The molecule has 3 rings (SSSR count). The Kier molecular flexibility index (Phi) is 5.17. The van der Waals surface area contributed by atoms with Crippen LogP contribution in [0.4, 0.5) is 5.69 Å². The average molecular weight is 336 g/mol. The van der Waals surface area contributed by atoms with Gasteiger partial charge in [-0.3, -0.25) is 9.59 Å². The van der Waals surface area contributed by atoms with Crippen molar-refractivity contribution in [2.24, 2.45) is 0 Å². The van der Waals surface area contributed by atoms with E-state index in [4.69, 9.17) is 0 Å². The second-order valence-corrected chi connectivity index (χ2v) is 6.51. The molecule has 1 N–H and O–H groups in total. The fourth-order valence-corrected chi connectivity index (χ4v) is 3.39. The second-order valence-electron chi connectivity index (χ2n) is 6.51. The maximum Gasteiger partial charge on any atom is 0.247 e. The SMILES string of the molecule is CCc1cccc(C)c1NC(=O)C1CCC(=O)N1Cc1ccccc1. The molecule has 1 unspecified atom stereocenters. The molecule has 4 heteroatoms. The van der Waals surface area contributed by atoms with Crippen molar-refractivity contribution in [3.05, 3.63) is 65.2 Å². The molecule has 25 heavy (non-hydrogen) atoms. The van der Waals surface area contributed by atoms with E-state index in [0.29, 0.717) is 19.4 Å². The van der Waals surface area contributed by atoms with Crippen molar-refractivity contribution in [2.45, 2.75) is 45.7 Å². The van der Waals surface area contributed by atoms with Crippen molar-refractivity contribution < 1.29 is 9.59 Å². The number of nitrogens with zero attached hydrogens (tertiary/aromatic N) is 1. The van der Waals surface area contributed by atoms with E-state index in [1.165, 1.54) is 0 Å². The predicted octanol–water partition coefficient (Wildman–Crippen LogP) is 3.69. The fraction of sp³-hybridized carbons (Fsp3) is 0.333. The Hall–Kier alpha value is -2.62. The fourth-order valence-electron chi connectivity index (χ4n) is 3.39. The first kappa shape index (κ1) is 17.2. The minimum absolute atomic E-state index is 0.0458. The van der Waals surface area contributed by atoms with Gasteiger partial charge in [-0.15, -0.1) is 0 Å². The summed E-state index contributed by atoms with van der Waals surface area (Å²) in [6.45, 7) is 4.55. The smallest absolute Gasteiger partial charge is 0.247 e. The number of hydrogen-bond donors (Lipinski definition) is 1. The first-order chi connectivity index (χ1) is 12.1. The van der Waals surface area contributed by atoms with Crippen LogP contribution in [0, 0.1) is 6.92 Å². The number of likely N-dealkylation sites (tertiary alicyclic amines) is 1. The Morgan fingerprint density at radius 3 is 2.64 bits per heavy atom. The lowest BCUT2D eigenvalue weighted by atomic mass is 10.0. The number of para-hydroxylation sites is 1. The quantitative estimate of drug-likeness (QED) is 0.905. The van der Waals surface area contributed by atoms with E-state index in [-0.39, 0.29) is 11.8 Å². The highest BCUT2D eigenvalue weighted by atomic mass is 16.2. The van der Waals surface area contributed by atoms with Crippen LogP contribution in [0.2, 0.25) is 0 Å². The lowest BCUT2D eigenvalue weighted by Crippen LogP contribution is -2.41. The summed E-state index contributed by atoms with van der Waals surface area (Å²) in [4.78, 5) is 26.9. The number of rotatable bonds is 5. The Morgan fingerprint density at radius 2 is 1.92 bits per heavy atom. The first-order valence-corrected chi connectivity index (χ1v) is 8.83. The molecule has 0 bridgehead atoms. The molecule has 0 spiro atoms. The number of aryl methyl sites for hydroxylation is 2. The number of carbonyl (C=O) groups excluding carboxylic acids is 2. The van der Waals surface area contributed by atoms with E-state index in [0.717, 1.165) is 28.8 Å². The Labute approximate surface area is 148 Å². The third kappa shape index (κ3) is 3.73. The minimum Gasteiger partial charge on any atom is -0.326 e. The molecule has 2 aromatic carbocycles. The number of nitrogens with one attached hydrogen (secondary N) is 1. The molecule has 1 aliphatic rings. The average Bonchev–Trinajstić information content (AvgIpc) is 2.98. The van der Waals surface area contributed by atoms with Gasteiger partial charge < -0.3 is 10.2 Å². The number of anilines is 1. The summed E-state index contributed by atoms with van der Waals surface area (Å²) in [5, 5.41) is 3.08. The van der Waals surface area contributed by atoms with E-state index in [1.54, 1.807) is 4.90 Å². The molecule has 1 heterocycles. The normalized spacial score (nSPS) is 17.0. The zero-order chi connectivity index (χ0) is 17.8. The summed E-state index contributed by atoms with van der Waals surface area (Å²) in [5.74, 6) is -0.0460. The summed E-state index contributed by atoms with van der Waals surface area (Å²) in [5.41, 5.74) is 4.09. The van der Waals surface area contributed by atoms with Gasteiger partial charge in [0.15, 0.2) is 0 Å². The van der Waals surface area contributed by atoms with E-state index in [1.807, 2.05) is 55.5 Å². The highest BCUT2D eigenvalue weighted by Gasteiger charge is 2.36. The van der Waals surface area contributed by atoms with Gasteiger partial charge in [0, 0.05) is 18.7 Å². The largest absolute Gasteiger partial charge is 0.326 e. The Morgan fingerprint density at radius 1 is 1.16 bits per heavy atom. The maximum absolute atomic E-state index is 12.9. The zero-order valence-electron chi connectivity index (χ0n) is 14.8. The molecule has 0 radical (unpaired) electrons. The molecular weight excluding hydrogens is 312 g/mol. The topological polar surface area (TPSA) is 49.4 Å². The summed E-state index contributed by atoms with van der Waals surface area (Å²) in [6, 6.07) is 15.4. The molecule has 0 aromatic heterocycles. The van der Waals surface area contributed by atoms with Crippen molar-refractivity contribution in [1.29, 1.82) is 0 Å². The van der Waals surface area contributed by atoms with Gasteiger partial charge in [-0.2, -0.15) is 0 Å². The van der Waals surface area contributed by atoms with E-state index in [9.17, 15) is 9.59 Å². The Bertz CT molecular complexity index is 771. The van der Waals surface area contributed by atoms with Crippen LogP contribution in [-0.4, -0.2) is 22.8 Å². The summed E-state index contributed by atoms with van der Waals surface area (Å²) in [6.07, 6.45) is 1.86. The second kappa shape index (κ2) is 7.51. The maximum atomic E-state index is 12.9. The molecule has 0 aliphatic carbocycles. The molecule has 1 fully saturated rings. The molecule has 1 atom stereocenters. The van der Waals surface area contributed by atoms with Crippen LogP contribution in [0.1, 0.15) is 36.5 Å². The summed E-state index contributed by atoms with van der Waals surface area (Å²) in [7, 11) is 0. The van der Waals surface area contributed by atoms with E-state index < -0.39 is 6.04 Å². The van der Waals surface area contributed by atoms with Crippen LogP contribution < -0.4 is 5.32 Å². The molecule has 4 nitrogen and oxygen atoms in total. The van der Waals surface area contributed by atoms with Crippen molar-refractivity contribution >= 4 is 17.5 Å². The monoisotopic (exact) mass is 336 g/mol. The van der Waals surface area contributed by atoms with Crippen molar-refractivity contribution in [3.63, 3.8) is 0 Å². The molecule has 2 aromatic rings. The number of amides is 2. The van der Waals surface area contributed by atoms with Crippen LogP contribution in [0.3, 0.4) is 0 Å². The highest BCUT2D eigenvalue weighted by molar-refractivity contribution is 5.99. The first-order valence-electron chi connectivity index (χ1n) is 8.83. The van der Waals surface area contributed by atoms with Gasteiger partial charge in [0.1, 0.15) is 6.04 Å². The number of carbonyl (C=O) groups is 2. The van der Waals surface area contributed by atoms with Gasteiger partial charge in [-0.25, -0.2) is 0 Å². The van der Waals surface area contributed by atoms with Crippen molar-refractivity contribution in [1.82, 2.24) is 4.90 Å². The van der Waals surface area contributed by atoms with Gasteiger partial charge in [0.2, 0.25) is 11.8 Å². The van der Waals surface area contributed by atoms with Crippen LogP contribution in [0.15, 0.2) is 48.5 Å². The van der Waals surface area contributed by atoms with Crippen LogP contribution in [-0.2, 0) is 22.6 Å². The minimum atomic E-state index is -0.406. The van der Waals surface area contributed by atoms with Gasteiger partial charge in [-0.05, 0) is 36.5 Å². The third-order valence-corrected chi connectivity index (χ3v) is 4.81. The van der Waals surface area contributed by atoms with Crippen molar-refractivity contribution in [2.75, 3.05) is 5.32 Å². The van der Waals surface area contributed by atoms with Gasteiger partial charge in [0.05, 0.1) is 0 Å². The zero-order valence-corrected chi connectivity index (χ0v) is 14.8. The lowest BCUT2D eigenvalue weighted by molar-refractivity contribution is -0.133. The molecule has 2 amide bonds. The number of benzene rings is 2. The predicted molar refractivity (Wildman–Crippen MR) is 99.2 cm³/mol. The molecule has 1 aliphatic heterocycles. The standard InChI is InChI=1S/C21H24N2O2/c1-3-17-11-7-8-15(2)20(17)22-21(25)18-12-13-19(24)23(18)14-16-9-5-4-6-10-16/h4-11,18H,3,12-14H2,1-2H3,(H,22,25). The lowest BCUT2D eigenvalue weighted by Gasteiger charge is -2.25. The molecule has 1 saturated heterocycles. The van der Waals surface area contributed by atoms with Crippen LogP contribution in [0.25, 0.3) is 0 Å². The van der Waals surface area contributed by atoms with Gasteiger partial charge in [0.25, 0.3) is 0 Å². The molecule has 0 saturated carbocycles. The number of hydrogen-bond acceptors (Lipinski definition) is 2. The summed E-state index contributed by atoms with van der Waals surface area (Å²) < 4.78 is 0. The molecular formula is C21H24N2O2. The van der Waals surface area contributed by atoms with Crippen LogP contribution in [0.5, 0.6) is 0 Å². The molecule has 130 valence electrons. The highest BCUT2D eigenvalue weighted by Crippen LogP contribution is 2.26. The van der Waals surface area contributed by atoms with Gasteiger partial charge in [-0.1, -0.05) is 55.5 Å². The third-order valence-electron chi connectivity index (χ3n) is 4.81. The van der Waals surface area contributed by atoms with E-state index >= 15 is 0 Å². The van der Waals surface area contributed by atoms with Gasteiger partial charge >= 0.3 is 0 Å². The van der Waals surface area contributed by atoms with Crippen molar-refractivity contribution in [3.8, 4) is 0 Å².